The lowest BCUT2D eigenvalue weighted by molar-refractivity contribution is 0.0549. The van der Waals surface area contributed by atoms with Gasteiger partial charge in [0, 0.05) is 0 Å². The Hall–Kier alpha value is -0.260. The summed E-state index contributed by atoms with van der Waals surface area (Å²) in [5.41, 5.74) is 0. The van der Waals surface area contributed by atoms with Crippen LogP contribution in [-0.2, 0) is 0 Å². The molecule has 17 heavy (non-hydrogen) atoms. The maximum atomic E-state index is 2.57. The molecule has 2 bridgehead atoms. The summed E-state index contributed by atoms with van der Waals surface area (Å²) in [6.07, 6.45) is 19.1. The van der Waals surface area contributed by atoms with Crippen molar-refractivity contribution >= 4 is 0 Å². The van der Waals surface area contributed by atoms with Crippen LogP contribution in [0.3, 0.4) is 0 Å². The zero-order chi connectivity index (χ0) is 11.2. The summed E-state index contributed by atoms with van der Waals surface area (Å²) in [7, 11) is 0. The Balaban J connectivity index is 1.54. The van der Waals surface area contributed by atoms with Gasteiger partial charge in [-0.15, -0.1) is 0 Å². The molecule has 0 aromatic carbocycles. The summed E-state index contributed by atoms with van der Waals surface area (Å²) in [5.74, 6) is 6.45. The standard InChI is InChI=1S/C17H26/c1-2-6-15-13(4-1)5-3-7-16(15)17-11-12-8-9-14(17)10-12/h8-9,12-17H,1-7,10-11H2. The van der Waals surface area contributed by atoms with Gasteiger partial charge in [-0.3, -0.25) is 0 Å². The minimum absolute atomic E-state index is 0.981. The van der Waals surface area contributed by atoms with Crippen LogP contribution >= 0.6 is 0 Å². The highest BCUT2D eigenvalue weighted by Crippen LogP contribution is 2.54. The molecule has 3 fully saturated rings. The molecule has 6 unspecified atom stereocenters. The van der Waals surface area contributed by atoms with Gasteiger partial charge in [-0.2, -0.15) is 0 Å². The van der Waals surface area contributed by atoms with Crippen LogP contribution < -0.4 is 0 Å². The molecule has 0 heterocycles. The van der Waals surface area contributed by atoms with Crippen LogP contribution in [0.1, 0.15) is 57.8 Å². The van der Waals surface area contributed by atoms with Gasteiger partial charge in [-0.05, 0) is 61.2 Å². The van der Waals surface area contributed by atoms with E-state index in [9.17, 15) is 0 Å². The van der Waals surface area contributed by atoms with Crippen LogP contribution in [0.25, 0.3) is 0 Å². The van der Waals surface area contributed by atoms with Crippen LogP contribution in [0.2, 0.25) is 0 Å². The van der Waals surface area contributed by atoms with Crippen LogP contribution in [0, 0.1) is 35.5 Å². The van der Waals surface area contributed by atoms with E-state index in [1.807, 2.05) is 0 Å². The lowest BCUT2D eigenvalue weighted by Crippen LogP contribution is -2.36. The van der Waals surface area contributed by atoms with E-state index in [2.05, 4.69) is 12.2 Å². The van der Waals surface area contributed by atoms with Crippen molar-refractivity contribution in [1.29, 1.82) is 0 Å². The molecule has 0 radical (unpaired) electrons. The molecule has 0 spiro atoms. The molecular weight excluding hydrogens is 204 g/mol. The van der Waals surface area contributed by atoms with Crippen molar-refractivity contribution in [3.8, 4) is 0 Å². The Morgan fingerprint density at radius 3 is 2.29 bits per heavy atom. The van der Waals surface area contributed by atoms with Gasteiger partial charge in [0.1, 0.15) is 0 Å². The van der Waals surface area contributed by atoms with E-state index in [-0.39, 0.29) is 0 Å². The molecule has 0 aromatic heterocycles. The van der Waals surface area contributed by atoms with Gasteiger partial charge in [-0.1, -0.05) is 44.3 Å². The third kappa shape index (κ3) is 1.71. The Kier molecular flexibility index (Phi) is 2.59. The lowest BCUT2D eigenvalue weighted by Gasteiger charge is -2.45. The van der Waals surface area contributed by atoms with E-state index < -0.39 is 0 Å². The Bertz CT molecular complexity index is 314. The Morgan fingerprint density at radius 1 is 0.647 bits per heavy atom. The summed E-state index contributed by atoms with van der Waals surface area (Å²) in [6, 6.07) is 0. The molecule has 94 valence electrons. The van der Waals surface area contributed by atoms with Crippen LogP contribution in [0.5, 0.6) is 0 Å². The first kappa shape index (κ1) is 10.6. The monoisotopic (exact) mass is 230 g/mol. The lowest BCUT2D eigenvalue weighted by atomic mass is 9.60. The second-order valence-electron chi connectivity index (χ2n) is 7.25. The van der Waals surface area contributed by atoms with E-state index >= 15 is 0 Å². The number of rotatable bonds is 1. The fourth-order valence-electron chi connectivity index (χ4n) is 5.84. The van der Waals surface area contributed by atoms with Crippen molar-refractivity contribution in [2.45, 2.75) is 57.8 Å². The molecule has 0 aliphatic heterocycles. The van der Waals surface area contributed by atoms with E-state index in [0.29, 0.717) is 0 Å². The quantitative estimate of drug-likeness (QED) is 0.567. The van der Waals surface area contributed by atoms with Crippen molar-refractivity contribution in [1.82, 2.24) is 0 Å². The SMILES string of the molecule is C1=CC2CC1CC2C1CCCC2CCCCC21. The summed E-state index contributed by atoms with van der Waals surface area (Å²) in [5, 5.41) is 0. The smallest absolute Gasteiger partial charge is 0.0196 e. The predicted molar refractivity (Wildman–Crippen MR) is 71.6 cm³/mol. The first-order valence-electron chi connectivity index (χ1n) is 8.10. The van der Waals surface area contributed by atoms with Crippen molar-refractivity contribution in [3.05, 3.63) is 12.2 Å². The molecule has 0 heteroatoms. The summed E-state index contributed by atoms with van der Waals surface area (Å²) in [4.78, 5) is 0. The van der Waals surface area contributed by atoms with Crippen LogP contribution in [0.15, 0.2) is 12.2 Å². The number of allylic oxidation sites excluding steroid dienone is 2. The van der Waals surface area contributed by atoms with Crippen molar-refractivity contribution in [3.63, 3.8) is 0 Å². The van der Waals surface area contributed by atoms with Crippen LogP contribution in [0.4, 0.5) is 0 Å². The normalized spacial score (nSPS) is 52.7. The van der Waals surface area contributed by atoms with Gasteiger partial charge in [-0.25, -0.2) is 0 Å². The molecule has 4 rings (SSSR count). The van der Waals surface area contributed by atoms with Crippen LogP contribution in [-0.4, -0.2) is 0 Å². The van der Waals surface area contributed by atoms with Gasteiger partial charge < -0.3 is 0 Å². The molecule has 3 saturated carbocycles. The van der Waals surface area contributed by atoms with Gasteiger partial charge in [0.15, 0.2) is 0 Å². The molecule has 4 aliphatic rings. The van der Waals surface area contributed by atoms with Gasteiger partial charge in [0.25, 0.3) is 0 Å². The molecule has 0 amide bonds. The molecular formula is C17H26. The molecule has 0 N–H and O–H groups in total. The van der Waals surface area contributed by atoms with Crippen molar-refractivity contribution in [2.24, 2.45) is 35.5 Å². The average molecular weight is 230 g/mol. The Labute approximate surface area is 106 Å². The van der Waals surface area contributed by atoms with Gasteiger partial charge >= 0.3 is 0 Å². The van der Waals surface area contributed by atoms with E-state index in [1.54, 1.807) is 38.5 Å². The van der Waals surface area contributed by atoms with Gasteiger partial charge in [0.05, 0.1) is 0 Å². The molecule has 0 saturated heterocycles. The zero-order valence-electron chi connectivity index (χ0n) is 11.0. The predicted octanol–water partition coefficient (Wildman–Crippen LogP) is 4.81. The number of hydrogen-bond acceptors (Lipinski definition) is 0. The largest absolute Gasteiger partial charge is 0.0851 e. The fraction of sp³-hybridized carbons (Fsp3) is 0.882. The molecule has 4 aliphatic carbocycles. The topological polar surface area (TPSA) is 0 Å². The first-order chi connectivity index (χ1) is 8.42. The highest BCUT2D eigenvalue weighted by molar-refractivity contribution is 5.12. The second-order valence-corrected chi connectivity index (χ2v) is 7.25. The minimum Gasteiger partial charge on any atom is -0.0851 e. The van der Waals surface area contributed by atoms with E-state index in [0.717, 1.165) is 35.5 Å². The highest BCUT2D eigenvalue weighted by Gasteiger charge is 2.45. The molecule has 0 aromatic rings. The van der Waals surface area contributed by atoms with E-state index in [4.69, 9.17) is 0 Å². The minimum atomic E-state index is 0.981. The second kappa shape index (κ2) is 4.14. The van der Waals surface area contributed by atoms with Crippen molar-refractivity contribution < 1.29 is 0 Å². The van der Waals surface area contributed by atoms with E-state index in [1.165, 1.54) is 19.3 Å². The Morgan fingerprint density at radius 2 is 1.47 bits per heavy atom. The maximum absolute atomic E-state index is 2.57. The third-order valence-corrected chi connectivity index (χ3v) is 6.51. The molecule has 6 atom stereocenters. The summed E-state index contributed by atoms with van der Waals surface area (Å²) in [6.45, 7) is 0. The van der Waals surface area contributed by atoms with Crippen molar-refractivity contribution in [2.75, 3.05) is 0 Å². The van der Waals surface area contributed by atoms with Gasteiger partial charge in [0.2, 0.25) is 0 Å². The number of hydrogen-bond donors (Lipinski definition) is 0. The maximum Gasteiger partial charge on any atom is -0.0196 e. The summed E-state index contributed by atoms with van der Waals surface area (Å²) < 4.78 is 0. The number of fused-ring (bicyclic) bond motifs is 3. The summed E-state index contributed by atoms with van der Waals surface area (Å²) >= 11 is 0. The zero-order valence-corrected chi connectivity index (χ0v) is 11.0. The third-order valence-electron chi connectivity index (χ3n) is 6.51. The first-order valence-corrected chi connectivity index (χ1v) is 8.10. The molecule has 0 nitrogen and oxygen atoms in total. The average Bonchev–Trinajstić information content (AvgIpc) is 3.00. The fourth-order valence-corrected chi connectivity index (χ4v) is 5.84. The highest BCUT2D eigenvalue weighted by atomic mass is 14.5.